The van der Waals surface area contributed by atoms with E-state index in [-0.39, 0.29) is 0 Å². The van der Waals surface area contributed by atoms with Crippen LogP contribution in [0.1, 0.15) is 26.2 Å². The fraction of sp³-hybridized carbons (Fsp3) is 0.700. The van der Waals surface area contributed by atoms with Crippen LogP contribution in [0.5, 0.6) is 0 Å². The van der Waals surface area contributed by atoms with Crippen molar-refractivity contribution in [2.45, 2.75) is 85.1 Å². The summed E-state index contributed by atoms with van der Waals surface area (Å²) in [5.74, 6) is 1.81. The van der Waals surface area contributed by atoms with Crippen LogP contribution in [0.3, 0.4) is 0 Å². The molecule has 0 atom stereocenters. The van der Waals surface area contributed by atoms with Gasteiger partial charge >= 0.3 is 0 Å². The first-order valence-electron chi connectivity index (χ1n) is 9.84. The molecule has 0 aromatic heterocycles. The van der Waals surface area contributed by atoms with Crippen LogP contribution < -0.4 is 0 Å². The Morgan fingerprint density at radius 2 is 1.30 bits per heavy atom. The molecule has 0 saturated heterocycles. The third-order valence-corrected chi connectivity index (χ3v) is 5.54. The van der Waals surface area contributed by atoms with Gasteiger partial charge in [0, 0.05) is 0 Å². The Balaban J connectivity index is 6.35. The predicted molar refractivity (Wildman–Crippen MR) is 124 cm³/mol. The van der Waals surface area contributed by atoms with Crippen molar-refractivity contribution in [1.82, 2.24) is 0 Å². The molecule has 0 aromatic carbocycles. The maximum Gasteiger partial charge on any atom is 0.280 e. The maximum absolute atomic E-state index is 6.45. The normalized spacial score (nSPS) is 14.4. The van der Waals surface area contributed by atoms with Gasteiger partial charge in [0.05, 0.1) is 7.11 Å². The predicted octanol–water partition coefficient (Wildman–Crippen LogP) is 6.99. The summed E-state index contributed by atoms with van der Waals surface area (Å²) in [4.78, 5) is 0. The summed E-state index contributed by atoms with van der Waals surface area (Å²) in [5, 5.41) is 0. The van der Waals surface area contributed by atoms with Crippen LogP contribution in [0.2, 0.25) is 58.9 Å². The van der Waals surface area contributed by atoms with E-state index in [0.29, 0.717) is 11.7 Å². The molecule has 0 aromatic rings. The van der Waals surface area contributed by atoms with Crippen molar-refractivity contribution in [3.8, 4) is 0 Å². The second-order valence-corrected chi connectivity index (χ2v) is 22.9. The number of ether oxygens (including phenoxy) is 1. The molecule has 0 aliphatic rings. The van der Waals surface area contributed by atoms with Crippen LogP contribution in [-0.4, -0.2) is 32.1 Å². The topological polar surface area (TPSA) is 36.9 Å². The van der Waals surface area contributed by atoms with E-state index in [1.165, 1.54) is 0 Å². The van der Waals surface area contributed by atoms with Crippen LogP contribution in [0.4, 0.5) is 0 Å². The molecule has 4 nitrogen and oxygen atoms in total. The third-order valence-electron chi connectivity index (χ3n) is 3.05. The fourth-order valence-corrected chi connectivity index (χ4v) is 4.64. The quantitative estimate of drug-likeness (QED) is 0.145. The monoisotopic (exact) mass is 430 g/mol. The standard InChI is InChI=1S/C20H42O4Si3/c1-13-14-15-16-18(23-26(7,8)9)19(17(2)22-25(4,5)6)20(21-3)24-27(10,11)12/h16H,2,13-15H2,1,3-12H3/b18-16-,20-19+. The Bertz CT molecular complexity index is 547. The van der Waals surface area contributed by atoms with Crippen LogP contribution in [0, 0.1) is 0 Å². The van der Waals surface area contributed by atoms with Crippen LogP contribution in [-0.2, 0) is 18.0 Å². The van der Waals surface area contributed by atoms with Gasteiger partial charge in [-0.25, -0.2) is 0 Å². The van der Waals surface area contributed by atoms with Crippen molar-refractivity contribution in [2.75, 3.05) is 7.11 Å². The molecule has 0 unspecified atom stereocenters. The van der Waals surface area contributed by atoms with E-state index in [1.807, 2.05) is 0 Å². The Kier molecular flexibility index (Phi) is 10.2. The summed E-state index contributed by atoms with van der Waals surface area (Å²) < 4.78 is 24.6. The molecule has 158 valence electrons. The van der Waals surface area contributed by atoms with Gasteiger partial charge < -0.3 is 18.0 Å². The lowest BCUT2D eigenvalue weighted by molar-refractivity contribution is 0.139. The minimum absolute atomic E-state index is 0.457. The minimum Gasteiger partial charge on any atom is -0.544 e. The van der Waals surface area contributed by atoms with Gasteiger partial charge in [-0.2, -0.15) is 0 Å². The number of allylic oxidation sites excluding steroid dienone is 1. The average Bonchev–Trinajstić information content (AvgIpc) is 2.41. The Hall–Kier alpha value is -0.929. The molecule has 0 saturated carbocycles. The highest BCUT2D eigenvalue weighted by molar-refractivity contribution is 6.70. The molecule has 0 fully saturated rings. The van der Waals surface area contributed by atoms with Gasteiger partial charge in [-0.1, -0.05) is 19.9 Å². The molecule has 0 spiro atoms. The maximum atomic E-state index is 6.45. The SMILES string of the molecule is C=C(O[Si](C)(C)C)C(/C(=C/CCCC)O[Si](C)(C)C)=C(/OC)O[Si](C)(C)C. The molecule has 0 aliphatic carbocycles. The molecule has 7 heteroatoms. The molecule has 0 aliphatic heterocycles. The Morgan fingerprint density at radius 1 is 0.815 bits per heavy atom. The number of methoxy groups -OCH3 is 1. The molecule has 0 amide bonds. The van der Waals surface area contributed by atoms with E-state index < -0.39 is 25.0 Å². The number of hydrogen-bond acceptors (Lipinski definition) is 4. The first kappa shape index (κ1) is 26.1. The van der Waals surface area contributed by atoms with Crippen molar-refractivity contribution < 1.29 is 18.0 Å². The van der Waals surface area contributed by atoms with Gasteiger partial charge in [0.1, 0.15) is 17.1 Å². The second-order valence-electron chi connectivity index (χ2n) is 9.64. The highest BCUT2D eigenvalue weighted by Gasteiger charge is 2.30. The second kappa shape index (κ2) is 10.6. The molecule has 0 N–H and O–H groups in total. The van der Waals surface area contributed by atoms with Gasteiger partial charge in [-0.05, 0) is 77.8 Å². The largest absolute Gasteiger partial charge is 0.544 e. The zero-order valence-corrected chi connectivity index (χ0v) is 22.5. The highest BCUT2D eigenvalue weighted by Crippen LogP contribution is 2.32. The fourth-order valence-electron chi connectivity index (χ4n) is 2.21. The van der Waals surface area contributed by atoms with Crippen LogP contribution >= 0.6 is 0 Å². The van der Waals surface area contributed by atoms with Gasteiger partial charge in [-0.15, -0.1) is 0 Å². The van der Waals surface area contributed by atoms with Gasteiger partial charge in [-0.3, -0.25) is 0 Å². The third kappa shape index (κ3) is 12.2. The summed E-state index contributed by atoms with van der Waals surface area (Å²) in [6.07, 6.45) is 5.31. The van der Waals surface area contributed by atoms with Crippen molar-refractivity contribution in [3.63, 3.8) is 0 Å². The van der Waals surface area contributed by atoms with Crippen LogP contribution in [0.25, 0.3) is 0 Å². The first-order valence-corrected chi connectivity index (χ1v) is 20.1. The van der Waals surface area contributed by atoms with Crippen molar-refractivity contribution in [2.24, 2.45) is 0 Å². The smallest absolute Gasteiger partial charge is 0.280 e. The van der Waals surface area contributed by atoms with E-state index in [1.54, 1.807) is 7.11 Å². The van der Waals surface area contributed by atoms with E-state index in [4.69, 9.17) is 18.0 Å². The zero-order chi connectivity index (χ0) is 21.5. The van der Waals surface area contributed by atoms with Crippen molar-refractivity contribution in [3.05, 3.63) is 35.7 Å². The molecule has 0 bridgehead atoms. The summed E-state index contributed by atoms with van der Waals surface area (Å²) in [6.45, 7) is 25.7. The highest BCUT2D eigenvalue weighted by atomic mass is 28.4. The summed E-state index contributed by atoms with van der Waals surface area (Å²) in [7, 11) is -3.96. The van der Waals surface area contributed by atoms with E-state index >= 15 is 0 Å². The lowest BCUT2D eigenvalue weighted by atomic mass is 10.1. The summed E-state index contributed by atoms with van der Waals surface area (Å²) in [5.41, 5.74) is 0.723. The van der Waals surface area contributed by atoms with Crippen LogP contribution in [0.15, 0.2) is 35.7 Å². The van der Waals surface area contributed by atoms with Gasteiger partial charge in [0.25, 0.3) is 5.95 Å². The zero-order valence-electron chi connectivity index (χ0n) is 19.5. The summed E-state index contributed by atoms with van der Waals surface area (Å²) in [6, 6.07) is 0. The number of rotatable bonds is 12. The molecule has 0 rings (SSSR count). The molecule has 0 heterocycles. The van der Waals surface area contributed by atoms with E-state index in [0.717, 1.165) is 30.6 Å². The Labute approximate surface area is 171 Å². The molecule has 27 heavy (non-hydrogen) atoms. The molecular formula is C20H42O4Si3. The molecule has 0 radical (unpaired) electrons. The van der Waals surface area contributed by atoms with Gasteiger partial charge in [0.15, 0.2) is 0 Å². The van der Waals surface area contributed by atoms with Crippen molar-refractivity contribution in [1.29, 1.82) is 0 Å². The van der Waals surface area contributed by atoms with E-state index in [2.05, 4.69) is 78.5 Å². The van der Waals surface area contributed by atoms with Crippen molar-refractivity contribution >= 4 is 25.0 Å². The lowest BCUT2D eigenvalue weighted by Gasteiger charge is -2.30. The number of unbranched alkanes of at least 4 members (excludes halogenated alkanes) is 2. The minimum atomic E-state index is -1.89. The lowest BCUT2D eigenvalue weighted by Crippen LogP contribution is -2.31. The first-order chi connectivity index (χ1) is 12.1. The number of hydrogen-bond donors (Lipinski definition) is 0. The average molecular weight is 431 g/mol. The van der Waals surface area contributed by atoms with E-state index in [9.17, 15) is 0 Å². The van der Waals surface area contributed by atoms with Gasteiger partial charge in [0.2, 0.25) is 25.0 Å². The summed E-state index contributed by atoms with van der Waals surface area (Å²) >= 11 is 0. The Morgan fingerprint density at radius 3 is 1.67 bits per heavy atom. The molecular weight excluding hydrogens is 388 g/mol.